The van der Waals surface area contributed by atoms with Crippen LogP contribution in [0.2, 0.25) is 0 Å². The van der Waals surface area contributed by atoms with Crippen molar-refractivity contribution in [1.82, 2.24) is 0 Å². The molecule has 2 rings (SSSR count). The largest absolute Gasteiger partial charge is 0.611 e. The summed E-state index contributed by atoms with van der Waals surface area (Å²) in [5.41, 5.74) is 4.45. The van der Waals surface area contributed by atoms with Gasteiger partial charge in [-0.3, -0.25) is 0 Å². The Morgan fingerprint density at radius 1 is 0.900 bits per heavy atom. The molecular formula is C18H18OS. The fraction of sp³-hybridized carbons (Fsp3) is 0.167. The molecule has 0 aliphatic rings. The molecular weight excluding hydrogens is 264 g/mol. The van der Waals surface area contributed by atoms with Gasteiger partial charge in [0, 0.05) is 6.08 Å². The van der Waals surface area contributed by atoms with Crippen LogP contribution in [0.5, 0.6) is 0 Å². The average Bonchev–Trinajstić information content (AvgIpc) is 2.52. The van der Waals surface area contributed by atoms with E-state index in [0.29, 0.717) is 5.75 Å². The maximum Gasteiger partial charge on any atom is 0.153 e. The van der Waals surface area contributed by atoms with Gasteiger partial charge in [0.25, 0.3) is 0 Å². The van der Waals surface area contributed by atoms with Crippen LogP contribution in [-0.4, -0.2) is 10.3 Å². The summed E-state index contributed by atoms with van der Waals surface area (Å²) in [6.07, 6.45) is 5.84. The fourth-order valence-corrected chi connectivity index (χ4v) is 2.74. The Labute approximate surface area is 123 Å². The van der Waals surface area contributed by atoms with Crippen molar-refractivity contribution in [3.8, 4) is 0 Å². The Bertz CT molecular complexity index is 556. The normalized spacial score (nSPS) is 11.4. The number of aryl methyl sites for hydroxylation is 1. The van der Waals surface area contributed by atoms with Gasteiger partial charge >= 0.3 is 0 Å². The van der Waals surface area contributed by atoms with Crippen molar-refractivity contribution in [2.45, 2.75) is 17.7 Å². The molecule has 0 aromatic heterocycles. The lowest BCUT2D eigenvalue weighted by molar-refractivity contribution is 0.598. The molecule has 2 aromatic carbocycles. The predicted molar refractivity (Wildman–Crippen MR) is 85.1 cm³/mol. The van der Waals surface area contributed by atoms with E-state index >= 15 is 0 Å². The average molecular weight is 282 g/mol. The Morgan fingerprint density at radius 3 is 2.25 bits per heavy atom. The molecule has 1 unspecified atom stereocenters. The highest BCUT2D eigenvalue weighted by Crippen LogP contribution is 2.09. The van der Waals surface area contributed by atoms with Crippen molar-refractivity contribution in [3.63, 3.8) is 0 Å². The first kappa shape index (κ1) is 14.7. The van der Waals surface area contributed by atoms with Gasteiger partial charge in [-0.15, -0.1) is 5.73 Å². The summed E-state index contributed by atoms with van der Waals surface area (Å²) in [5, 5.41) is 0. The van der Waals surface area contributed by atoms with E-state index in [2.05, 4.69) is 30.0 Å². The van der Waals surface area contributed by atoms with Crippen molar-refractivity contribution in [3.05, 3.63) is 84.1 Å². The van der Waals surface area contributed by atoms with E-state index in [9.17, 15) is 4.55 Å². The van der Waals surface area contributed by atoms with Gasteiger partial charge in [-0.25, -0.2) is 0 Å². The van der Waals surface area contributed by atoms with Crippen LogP contribution in [0.3, 0.4) is 0 Å². The second-order valence-corrected chi connectivity index (χ2v) is 5.92. The molecule has 0 saturated heterocycles. The van der Waals surface area contributed by atoms with Crippen LogP contribution < -0.4 is 0 Å². The maximum absolute atomic E-state index is 11.9. The Hall–Kier alpha value is -1.73. The van der Waals surface area contributed by atoms with Crippen molar-refractivity contribution in [2.24, 2.45) is 0 Å². The van der Waals surface area contributed by atoms with Crippen molar-refractivity contribution < 1.29 is 4.55 Å². The molecule has 0 fully saturated rings. The van der Waals surface area contributed by atoms with E-state index in [1.165, 1.54) is 5.56 Å². The topological polar surface area (TPSA) is 23.1 Å². The minimum atomic E-state index is -0.963. The molecule has 2 aromatic rings. The Balaban J connectivity index is 1.74. The minimum Gasteiger partial charge on any atom is -0.611 e. The molecule has 0 amide bonds. The van der Waals surface area contributed by atoms with E-state index in [1.807, 2.05) is 48.6 Å². The van der Waals surface area contributed by atoms with Crippen LogP contribution >= 0.6 is 0 Å². The lowest BCUT2D eigenvalue weighted by Gasteiger charge is -2.06. The predicted octanol–water partition coefficient (Wildman–Crippen LogP) is 4.14. The number of hydrogen-bond donors (Lipinski definition) is 0. The standard InChI is InChI=1S/C18H18OS/c19-20(18-14-8-4-9-15-18)16-10-2-1-5-11-17-12-6-3-7-13-17/h1,3-4,6-10,12-15H,5,11,16H2. The molecule has 20 heavy (non-hydrogen) atoms. The smallest absolute Gasteiger partial charge is 0.153 e. The summed E-state index contributed by atoms with van der Waals surface area (Å²) in [4.78, 5) is 0.870. The summed E-state index contributed by atoms with van der Waals surface area (Å²) in [6, 6.07) is 19.9. The molecule has 1 nitrogen and oxygen atoms in total. The van der Waals surface area contributed by atoms with E-state index < -0.39 is 11.2 Å². The van der Waals surface area contributed by atoms with Crippen LogP contribution in [0.15, 0.2) is 83.4 Å². The number of hydrogen-bond acceptors (Lipinski definition) is 1. The van der Waals surface area contributed by atoms with Crippen LogP contribution in [0, 0.1) is 0 Å². The minimum absolute atomic E-state index is 0.520. The molecule has 102 valence electrons. The van der Waals surface area contributed by atoms with Crippen molar-refractivity contribution in [2.75, 3.05) is 5.75 Å². The first-order valence-electron chi connectivity index (χ1n) is 6.73. The molecule has 0 bridgehead atoms. The van der Waals surface area contributed by atoms with Gasteiger partial charge in [0.15, 0.2) is 4.90 Å². The molecule has 0 saturated carbocycles. The molecule has 0 radical (unpaired) electrons. The van der Waals surface area contributed by atoms with Gasteiger partial charge in [0.2, 0.25) is 0 Å². The highest BCUT2D eigenvalue weighted by atomic mass is 32.2. The van der Waals surface area contributed by atoms with E-state index in [4.69, 9.17) is 0 Å². The third kappa shape index (κ3) is 5.10. The van der Waals surface area contributed by atoms with Gasteiger partial charge in [0.05, 0.1) is 0 Å². The first-order chi connectivity index (χ1) is 9.86. The van der Waals surface area contributed by atoms with Gasteiger partial charge < -0.3 is 4.55 Å². The maximum atomic E-state index is 11.9. The molecule has 2 heteroatoms. The zero-order chi connectivity index (χ0) is 14.0. The summed E-state index contributed by atoms with van der Waals surface area (Å²) in [7, 11) is 0. The Morgan fingerprint density at radius 2 is 1.55 bits per heavy atom. The summed E-state index contributed by atoms with van der Waals surface area (Å²) in [6.45, 7) is 0. The van der Waals surface area contributed by atoms with Crippen molar-refractivity contribution >= 4 is 11.2 Å². The van der Waals surface area contributed by atoms with E-state index in [1.54, 1.807) is 0 Å². The van der Waals surface area contributed by atoms with E-state index in [0.717, 1.165) is 17.7 Å². The third-order valence-corrected chi connectivity index (χ3v) is 4.16. The molecule has 0 spiro atoms. The van der Waals surface area contributed by atoms with Crippen LogP contribution in [0.25, 0.3) is 0 Å². The lowest BCUT2D eigenvalue weighted by Crippen LogP contribution is -2.03. The molecule has 0 N–H and O–H groups in total. The number of rotatable bonds is 6. The van der Waals surface area contributed by atoms with Gasteiger partial charge in [-0.1, -0.05) is 48.5 Å². The van der Waals surface area contributed by atoms with Gasteiger partial charge in [-0.2, -0.15) is 0 Å². The lowest BCUT2D eigenvalue weighted by atomic mass is 10.1. The van der Waals surface area contributed by atoms with Crippen molar-refractivity contribution in [1.29, 1.82) is 0 Å². The number of benzene rings is 2. The second-order valence-electron chi connectivity index (χ2n) is 4.42. The Kier molecular flexibility index (Phi) is 6.19. The molecule has 0 heterocycles. The van der Waals surface area contributed by atoms with Crippen LogP contribution in [0.1, 0.15) is 12.0 Å². The fourth-order valence-electron chi connectivity index (χ4n) is 1.84. The van der Waals surface area contributed by atoms with E-state index in [-0.39, 0.29) is 0 Å². The highest BCUT2D eigenvalue weighted by molar-refractivity contribution is 7.91. The first-order valence-corrected chi connectivity index (χ1v) is 8.05. The summed E-state index contributed by atoms with van der Waals surface area (Å²) < 4.78 is 11.9. The van der Waals surface area contributed by atoms with Gasteiger partial charge in [-0.05, 0) is 47.8 Å². The monoisotopic (exact) mass is 282 g/mol. The highest BCUT2D eigenvalue weighted by Gasteiger charge is 2.06. The van der Waals surface area contributed by atoms with Crippen LogP contribution in [0.4, 0.5) is 0 Å². The summed E-state index contributed by atoms with van der Waals surface area (Å²) in [5.74, 6) is 0.520. The third-order valence-electron chi connectivity index (χ3n) is 2.90. The summed E-state index contributed by atoms with van der Waals surface area (Å²) >= 11 is -0.963. The quantitative estimate of drug-likeness (QED) is 0.577. The zero-order valence-corrected chi connectivity index (χ0v) is 12.2. The molecule has 0 aliphatic heterocycles. The SMILES string of the molecule is [O-][S+](CC=C=CCCc1ccccc1)c1ccccc1. The zero-order valence-electron chi connectivity index (χ0n) is 11.4. The second kappa shape index (κ2) is 8.44. The van der Waals surface area contributed by atoms with Crippen LogP contribution in [-0.2, 0) is 17.6 Å². The molecule has 1 atom stereocenters. The molecule has 0 aliphatic carbocycles. The van der Waals surface area contributed by atoms with Gasteiger partial charge in [0.1, 0.15) is 5.75 Å².